The van der Waals surface area contributed by atoms with Crippen molar-refractivity contribution in [1.82, 2.24) is 19.6 Å². The minimum atomic E-state index is 0.0191. The summed E-state index contributed by atoms with van der Waals surface area (Å²) in [6.45, 7) is 2.13. The first-order valence-corrected chi connectivity index (χ1v) is 8.68. The Labute approximate surface area is 138 Å². The van der Waals surface area contributed by atoms with E-state index in [0.717, 1.165) is 37.3 Å². The van der Waals surface area contributed by atoms with Crippen LogP contribution in [0, 0.1) is 0 Å². The summed E-state index contributed by atoms with van der Waals surface area (Å²) >= 11 is 1.79. The van der Waals surface area contributed by atoms with E-state index in [0.29, 0.717) is 6.54 Å². The minimum absolute atomic E-state index is 0.0191. The second-order valence-electron chi connectivity index (χ2n) is 5.72. The second-order valence-corrected chi connectivity index (χ2v) is 6.72. The molecule has 0 aromatic carbocycles. The van der Waals surface area contributed by atoms with Crippen molar-refractivity contribution in [2.45, 2.75) is 19.4 Å². The molecule has 0 saturated carbocycles. The number of pyridine rings is 1. The number of imidazole rings is 1. The molecule has 0 bridgehead atoms. The van der Waals surface area contributed by atoms with Gasteiger partial charge in [-0.3, -0.25) is 0 Å². The molecular formula is C17H18N4OS. The molecule has 0 unspecified atom stereocenters. The van der Waals surface area contributed by atoms with Gasteiger partial charge in [0.25, 0.3) is 0 Å². The fraction of sp³-hybridized carbons (Fsp3) is 0.294. The van der Waals surface area contributed by atoms with E-state index in [1.807, 2.05) is 39.9 Å². The number of amides is 2. The van der Waals surface area contributed by atoms with E-state index in [9.17, 15) is 4.79 Å². The van der Waals surface area contributed by atoms with Gasteiger partial charge in [0.05, 0.1) is 5.69 Å². The number of fused-ring (bicyclic) bond motifs is 2. The quantitative estimate of drug-likeness (QED) is 0.804. The number of thiophene rings is 1. The monoisotopic (exact) mass is 326 g/mol. The first-order valence-electron chi connectivity index (χ1n) is 7.80. The van der Waals surface area contributed by atoms with Gasteiger partial charge in [-0.25, -0.2) is 9.78 Å². The minimum Gasteiger partial charge on any atom is -0.338 e. The molecule has 4 rings (SSSR count). The summed E-state index contributed by atoms with van der Waals surface area (Å²) in [7, 11) is 0. The highest BCUT2D eigenvalue weighted by molar-refractivity contribution is 7.10. The Balaban J connectivity index is 1.32. The number of aromatic nitrogens is 2. The predicted octanol–water partition coefficient (Wildman–Crippen LogP) is 2.71. The Morgan fingerprint density at radius 3 is 3.22 bits per heavy atom. The standard InChI is InChI=1S/C17H18N4OS/c22-17(21-9-5-15-13(11-21)6-10-23-15)18-7-4-14-12-20-8-2-1-3-16(20)19-14/h1-3,6,8,10,12H,4-5,7,9,11H2,(H,18,22). The summed E-state index contributed by atoms with van der Waals surface area (Å²) in [5.41, 5.74) is 3.22. The lowest BCUT2D eigenvalue weighted by Crippen LogP contribution is -2.43. The normalized spacial score (nSPS) is 14.0. The zero-order valence-electron chi connectivity index (χ0n) is 12.7. The summed E-state index contributed by atoms with van der Waals surface area (Å²) in [6.07, 6.45) is 5.70. The fourth-order valence-corrected chi connectivity index (χ4v) is 3.83. The van der Waals surface area contributed by atoms with E-state index in [-0.39, 0.29) is 6.03 Å². The van der Waals surface area contributed by atoms with Crippen molar-refractivity contribution in [2.75, 3.05) is 13.1 Å². The molecule has 0 saturated heterocycles. The molecule has 0 fully saturated rings. The fourth-order valence-electron chi connectivity index (χ4n) is 2.94. The maximum atomic E-state index is 12.3. The molecule has 6 heteroatoms. The van der Waals surface area contributed by atoms with Crippen molar-refractivity contribution in [1.29, 1.82) is 0 Å². The van der Waals surface area contributed by atoms with Crippen molar-refractivity contribution in [3.05, 3.63) is 58.2 Å². The molecule has 0 atom stereocenters. The molecule has 0 spiro atoms. The third-order valence-corrected chi connectivity index (χ3v) is 5.19. The molecule has 4 heterocycles. The number of urea groups is 1. The summed E-state index contributed by atoms with van der Waals surface area (Å²) < 4.78 is 2.00. The van der Waals surface area contributed by atoms with E-state index >= 15 is 0 Å². The molecule has 1 aliphatic rings. The summed E-state index contributed by atoms with van der Waals surface area (Å²) in [4.78, 5) is 20.1. The van der Waals surface area contributed by atoms with Crippen molar-refractivity contribution in [2.24, 2.45) is 0 Å². The number of carbonyl (C=O) groups is 1. The maximum absolute atomic E-state index is 12.3. The van der Waals surface area contributed by atoms with Gasteiger partial charge in [0, 0.05) is 43.3 Å². The third kappa shape index (κ3) is 2.94. The van der Waals surface area contributed by atoms with Crippen molar-refractivity contribution < 1.29 is 4.79 Å². The van der Waals surface area contributed by atoms with E-state index < -0.39 is 0 Å². The number of nitrogens with one attached hydrogen (secondary N) is 1. The van der Waals surface area contributed by atoms with Gasteiger partial charge in [-0.15, -0.1) is 11.3 Å². The molecule has 5 nitrogen and oxygen atoms in total. The molecule has 3 aromatic rings. The van der Waals surface area contributed by atoms with E-state index in [1.165, 1.54) is 10.4 Å². The molecule has 118 valence electrons. The molecular weight excluding hydrogens is 308 g/mol. The van der Waals surface area contributed by atoms with Crippen LogP contribution in [0.2, 0.25) is 0 Å². The SMILES string of the molecule is O=C(NCCc1cn2ccccc2n1)N1CCc2sccc2C1. The number of hydrogen-bond donors (Lipinski definition) is 1. The molecule has 1 N–H and O–H groups in total. The van der Waals surface area contributed by atoms with Crippen LogP contribution in [0.4, 0.5) is 4.79 Å². The largest absolute Gasteiger partial charge is 0.338 e. The Hall–Kier alpha value is -2.34. The summed E-state index contributed by atoms with van der Waals surface area (Å²) in [6, 6.07) is 8.08. The van der Waals surface area contributed by atoms with Crippen LogP contribution in [0.15, 0.2) is 42.0 Å². The topological polar surface area (TPSA) is 49.6 Å². The first-order chi connectivity index (χ1) is 11.3. The van der Waals surface area contributed by atoms with Gasteiger partial charge in [0.1, 0.15) is 5.65 Å². The zero-order chi connectivity index (χ0) is 15.6. The lowest BCUT2D eigenvalue weighted by Gasteiger charge is -2.27. The lowest BCUT2D eigenvalue weighted by molar-refractivity contribution is 0.193. The van der Waals surface area contributed by atoms with Gasteiger partial charge in [-0.05, 0) is 35.6 Å². The Morgan fingerprint density at radius 1 is 1.35 bits per heavy atom. The molecule has 0 radical (unpaired) electrons. The van der Waals surface area contributed by atoms with Gasteiger partial charge in [0.15, 0.2) is 0 Å². The van der Waals surface area contributed by atoms with Crippen molar-refractivity contribution in [3.8, 4) is 0 Å². The molecule has 3 aromatic heterocycles. The Morgan fingerprint density at radius 2 is 2.30 bits per heavy atom. The van der Waals surface area contributed by atoms with Crippen LogP contribution in [0.3, 0.4) is 0 Å². The molecule has 0 aliphatic carbocycles. The predicted molar refractivity (Wildman–Crippen MR) is 90.7 cm³/mol. The average Bonchev–Trinajstić information content (AvgIpc) is 3.19. The highest BCUT2D eigenvalue weighted by atomic mass is 32.1. The van der Waals surface area contributed by atoms with E-state index in [2.05, 4.69) is 21.7 Å². The zero-order valence-corrected chi connectivity index (χ0v) is 13.6. The summed E-state index contributed by atoms with van der Waals surface area (Å²) in [5.74, 6) is 0. The second kappa shape index (κ2) is 6.04. The van der Waals surface area contributed by atoms with Gasteiger partial charge < -0.3 is 14.6 Å². The maximum Gasteiger partial charge on any atom is 0.317 e. The number of carbonyl (C=O) groups excluding carboxylic acids is 1. The van der Waals surface area contributed by atoms with Crippen LogP contribution < -0.4 is 5.32 Å². The Kier molecular flexibility index (Phi) is 3.75. The van der Waals surface area contributed by atoms with Crippen LogP contribution in [-0.4, -0.2) is 33.4 Å². The van der Waals surface area contributed by atoms with E-state index in [4.69, 9.17) is 0 Å². The van der Waals surface area contributed by atoms with Gasteiger partial charge in [-0.1, -0.05) is 6.07 Å². The number of nitrogens with zero attached hydrogens (tertiary/aromatic N) is 3. The van der Waals surface area contributed by atoms with Gasteiger partial charge in [0.2, 0.25) is 0 Å². The van der Waals surface area contributed by atoms with E-state index in [1.54, 1.807) is 11.3 Å². The van der Waals surface area contributed by atoms with Crippen LogP contribution in [0.25, 0.3) is 5.65 Å². The molecule has 1 aliphatic heterocycles. The molecule has 2 amide bonds. The smallest absolute Gasteiger partial charge is 0.317 e. The van der Waals surface area contributed by atoms with Crippen LogP contribution >= 0.6 is 11.3 Å². The Bertz CT molecular complexity index is 805. The summed E-state index contributed by atoms with van der Waals surface area (Å²) in [5, 5.41) is 5.12. The van der Waals surface area contributed by atoms with Crippen LogP contribution in [0.1, 0.15) is 16.1 Å². The average molecular weight is 326 g/mol. The highest BCUT2D eigenvalue weighted by Gasteiger charge is 2.20. The number of rotatable bonds is 3. The lowest BCUT2D eigenvalue weighted by atomic mass is 10.1. The number of hydrogen-bond acceptors (Lipinski definition) is 3. The van der Waals surface area contributed by atoms with Gasteiger partial charge >= 0.3 is 6.03 Å². The van der Waals surface area contributed by atoms with Crippen molar-refractivity contribution in [3.63, 3.8) is 0 Å². The van der Waals surface area contributed by atoms with Crippen LogP contribution in [0.5, 0.6) is 0 Å². The first kappa shape index (κ1) is 14.3. The third-order valence-electron chi connectivity index (χ3n) is 4.17. The molecule has 23 heavy (non-hydrogen) atoms. The van der Waals surface area contributed by atoms with Gasteiger partial charge in [-0.2, -0.15) is 0 Å². The van der Waals surface area contributed by atoms with Crippen molar-refractivity contribution >= 4 is 23.0 Å². The highest BCUT2D eigenvalue weighted by Crippen LogP contribution is 2.23. The van der Waals surface area contributed by atoms with Crippen LogP contribution in [-0.2, 0) is 19.4 Å².